The van der Waals surface area contributed by atoms with Crippen LogP contribution in [0, 0.1) is 5.82 Å². The normalized spacial score (nSPS) is 11.4. The van der Waals surface area contributed by atoms with Crippen LogP contribution in [-0.2, 0) is 0 Å². The summed E-state index contributed by atoms with van der Waals surface area (Å²) < 4.78 is 13.1. The van der Waals surface area contributed by atoms with Crippen molar-refractivity contribution in [1.82, 2.24) is 5.32 Å². The molecule has 0 saturated carbocycles. The van der Waals surface area contributed by atoms with Crippen LogP contribution >= 0.6 is 0 Å². The molecule has 1 nitrogen and oxygen atoms in total. The number of halogens is 1. The molecule has 0 radical (unpaired) electrons. The first-order valence-corrected chi connectivity index (χ1v) is 4.84. The third-order valence-electron chi connectivity index (χ3n) is 1.85. The van der Waals surface area contributed by atoms with Crippen LogP contribution in [0.4, 0.5) is 4.39 Å². The van der Waals surface area contributed by atoms with E-state index in [-0.39, 0.29) is 5.82 Å². The topological polar surface area (TPSA) is 12.0 Å². The van der Waals surface area contributed by atoms with Crippen molar-refractivity contribution in [2.24, 2.45) is 0 Å². The van der Waals surface area contributed by atoms with E-state index in [2.05, 4.69) is 19.2 Å². The standard InChI is InChI=1S/C12H16FN/c1-10(2)14-9-5-7-11-6-3-4-8-12(11)13/h3-8,10,14H,9H2,1-2H3. The van der Waals surface area contributed by atoms with E-state index in [4.69, 9.17) is 0 Å². The molecule has 0 heterocycles. The van der Waals surface area contributed by atoms with Gasteiger partial charge in [-0.05, 0) is 6.07 Å². The van der Waals surface area contributed by atoms with Gasteiger partial charge in [0, 0.05) is 18.2 Å². The number of benzene rings is 1. The van der Waals surface area contributed by atoms with Gasteiger partial charge in [0.2, 0.25) is 0 Å². The van der Waals surface area contributed by atoms with Crippen LogP contribution in [0.3, 0.4) is 0 Å². The zero-order valence-corrected chi connectivity index (χ0v) is 8.63. The fourth-order valence-electron chi connectivity index (χ4n) is 1.10. The van der Waals surface area contributed by atoms with E-state index in [1.165, 1.54) is 6.07 Å². The molecule has 0 fully saturated rings. The van der Waals surface area contributed by atoms with Gasteiger partial charge in [0.1, 0.15) is 5.82 Å². The number of hydrogen-bond donors (Lipinski definition) is 1. The fraction of sp³-hybridized carbons (Fsp3) is 0.333. The second kappa shape index (κ2) is 5.55. The van der Waals surface area contributed by atoms with Gasteiger partial charge in [-0.2, -0.15) is 0 Å². The maximum atomic E-state index is 13.1. The minimum atomic E-state index is -0.173. The van der Waals surface area contributed by atoms with Crippen LogP contribution in [0.15, 0.2) is 30.3 Å². The zero-order valence-electron chi connectivity index (χ0n) is 8.63. The Morgan fingerprint density at radius 3 is 2.71 bits per heavy atom. The molecule has 76 valence electrons. The lowest BCUT2D eigenvalue weighted by Gasteiger charge is -2.03. The first kappa shape index (κ1) is 10.9. The summed E-state index contributed by atoms with van der Waals surface area (Å²) in [6, 6.07) is 7.22. The van der Waals surface area contributed by atoms with Gasteiger partial charge in [0.05, 0.1) is 0 Å². The number of rotatable bonds is 4. The van der Waals surface area contributed by atoms with Crippen molar-refractivity contribution in [2.45, 2.75) is 19.9 Å². The summed E-state index contributed by atoms with van der Waals surface area (Å²) in [6.07, 6.45) is 3.73. The molecule has 2 heteroatoms. The van der Waals surface area contributed by atoms with Gasteiger partial charge >= 0.3 is 0 Å². The second-order valence-corrected chi connectivity index (χ2v) is 3.49. The van der Waals surface area contributed by atoms with Gasteiger partial charge in [0.25, 0.3) is 0 Å². The van der Waals surface area contributed by atoms with Crippen molar-refractivity contribution >= 4 is 6.08 Å². The van der Waals surface area contributed by atoms with E-state index in [9.17, 15) is 4.39 Å². The van der Waals surface area contributed by atoms with Gasteiger partial charge in [-0.15, -0.1) is 0 Å². The van der Waals surface area contributed by atoms with Gasteiger partial charge < -0.3 is 5.32 Å². The predicted octanol–water partition coefficient (Wildman–Crippen LogP) is 2.84. The molecule has 1 N–H and O–H groups in total. The predicted molar refractivity (Wildman–Crippen MR) is 58.6 cm³/mol. The fourth-order valence-corrected chi connectivity index (χ4v) is 1.10. The summed E-state index contributed by atoms with van der Waals surface area (Å²) in [5.74, 6) is -0.173. The molecule has 0 aromatic heterocycles. The first-order valence-electron chi connectivity index (χ1n) is 4.84. The second-order valence-electron chi connectivity index (χ2n) is 3.49. The van der Waals surface area contributed by atoms with Crippen LogP contribution in [0.5, 0.6) is 0 Å². The van der Waals surface area contributed by atoms with Gasteiger partial charge in [-0.1, -0.05) is 44.2 Å². The Kier molecular flexibility index (Phi) is 4.33. The van der Waals surface area contributed by atoms with Crippen LogP contribution in [0.2, 0.25) is 0 Å². The molecular weight excluding hydrogens is 177 g/mol. The van der Waals surface area contributed by atoms with Crippen LogP contribution in [-0.4, -0.2) is 12.6 Å². The van der Waals surface area contributed by atoms with Crippen molar-refractivity contribution in [1.29, 1.82) is 0 Å². The van der Waals surface area contributed by atoms with E-state index in [1.807, 2.05) is 12.1 Å². The lowest BCUT2D eigenvalue weighted by Crippen LogP contribution is -2.22. The van der Waals surface area contributed by atoms with Gasteiger partial charge in [-0.3, -0.25) is 0 Å². The summed E-state index contributed by atoms with van der Waals surface area (Å²) in [7, 11) is 0. The third-order valence-corrected chi connectivity index (χ3v) is 1.85. The molecule has 14 heavy (non-hydrogen) atoms. The summed E-state index contributed by atoms with van der Waals surface area (Å²) in [5, 5.41) is 3.23. The number of nitrogens with one attached hydrogen (secondary N) is 1. The zero-order chi connectivity index (χ0) is 10.4. The van der Waals surface area contributed by atoms with E-state index in [0.29, 0.717) is 11.6 Å². The highest BCUT2D eigenvalue weighted by molar-refractivity contribution is 5.49. The van der Waals surface area contributed by atoms with Crippen molar-refractivity contribution < 1.29 is 4.39 Å². The molecule has 0 spiro atoms. The van der Waals surface area contributed by atoms with Gasteiger partial charge in [0.15, 0.2) is 0 Å². The van der Waals surface area contributed by atoms with Crippen LogP contribution in [0.1, 0.15) is 19.4 Å². The van der Waals surface area contributed by atoms with Crippen molar-refractivity contribution in [3.05, 3.63) is 41.7 Å². The van der Waals surface area contributed by atoms with Crippen LogP contribution < -0.4 is 5.32 Å². The molecular formula is C12H16FN. The summed E-state index contributed by atoms with van der Waals surface area (Å²) in [4.78, 5) is 0. The lowest BCUT2D eigenvalue weighted by molar-refractivity contribution is 0.624. The average molecular weight is 193 g/mol. The van der Waals surface area contributed by atoms with Gasteiger partial charge in [-0.25, -0.2) is 4.39 Å². The van der Waals surface area contributed by atoms with Crippen molar-refractivity contribution in [3.8, 4) is 0 Å². The smallest absolute Gasteiger partial charge is 0.130 e. The van der Waals surface area contributed by atoms with Crippen LogP contribution in [0.25, 0.3) is 6.08 Å². The van der Waals surface area contributed by atoms with E-state index < -0.39 is 0 Å². The Morgan fingerprint density at radius 2 is 2.07 bits per heavy atom. The molecule has 1 aromatic rings. The summed E-state index contributed by atoms with van der Waals surface area (Å²) >= 11 is 0. The minimum Gasteiger partial charge on any atom is -0.311 e. The molecule has 0 aliphatic heterocycles. The number of hydrogen-bond acceptors (Lipinski definition) is 1. The highest BCUT2D eigenvalue weighted by Gasteiger charge is 1.94. The third kappa shape index (κ3) is 3.71. The maximum absolute atomic E-state index is 13.1. The molecule has 0 unspecified atom stereocenters. The summed E-state index contributed by atoms with van der Waals surface area (Å²) in [5.41, 5.74) is 0.637. The molecule has 0 aliphatic carbocycles. The van der Waals surface area contributed by atoms with Crippen molar-refractivity contribution in [2.75, 3.05) is 6.54 Å². The molecule has 0 bridgehead atoms. The molecule has 1 aromatic carbocycles. The average Bonchev–Trinajstić information content (AvgIpc) is 2.15. The Balaban J connectivity index is 2.48. The van der Waals surface area contributed by atoms with Crippen molar-refractivity contribution in [3.63, 3.8) is 0 Å². The largest absolute Gasteiger partial charge is 0.311 e. The SMILES string of the molecule is CC(C)NCC=Cc1ccccc1F. The molecule has 0 aliphatic rings. The Labute approximate surface area is 84.6 Å². The Hall–Kier alpha value is -1.15. The first-order chi connectivity index (χ1) is 6.70. The van der Waals surface area contributed by atoms with E-state index in [1.54, 1.807) is 18.2 Å². The highest BCUT2D eigenvalue weighted by Crippen LogP contribution is 2.07. The summed E-state index contributed by atoms with van der Waals surface area (Å²) in [6.45, 7) is 4.93. The van der Waals surface area contributed by atoms with E-state index in [0.717, 1.165) is 6.54 Å². The lowest BCUT2D eigenvalue weighted by atomic mass is 10.2. The maximum Gasteiger partial charge on any atom is 0.130 e. The molecule has 0 amide bonds. The van der Waals surface area contributed by atoms with E-state index >= 15 is 0 Å². The molecule has 0 atom stereocenters. The highest BCUT2D eigenvalue weighted by atomic mass is 19.1. The Morgan fingerprint density at radius 1 is 1.36 bits per heavy atom. The minimum absolute atomic E-state index is 0.173. The monoisotopic (exact) mass is 193 g/mol. The molecule has 0 saturated heterocycles. The molecule has 1 rings (SSSR count). The quantitative estimate of drug-likeness (QED) is 0.775. The Bertz CT molecular complexity index is 305.